The number of aryl methyl sites for hydroxylation is 1. The SMILES string of the molecule is CO[C@H]1[C@H](O)[C@H](O[C@H]2[C@H](Oc3cccc4c(O)c5c(=O)oc6cc(C)cc7c(=O)oc(c34)c5c67)O[C@H](C)[C@H](O)[C@@H]2O)O[C@@H](C)[C@H]1O. The van der Waals surface area contributed by atoms with Gasteiger partial charge in [0, 0.05) is 23.3 Å². The van der Waals surface area contributed by atoms with Crippen LogP contribution in [-0.4, -0.2) is 94.1 Å². The first-order chi connectivity index (χ1) is 21.9. The second-order valence-corrected chi connectivity index (χ2v) is 11.9. The molecule has 14 heteroatoms. The van der Waals surface area contributed by atoms with E-state index in [4.69, 9.17) is 32.5 Å². The van der Waals surface area contributed by atoms with Gasteiger partial charge in [-0.05, 0) is 44.5 Å². The molecule has 10 atom stereocenters. The van der Waals surface area contributed by atoms with Crippen LogP contribution in [0.1, 0.15) is 19.4 Å². The number of ether oxygens (including phenoxy) is 5. The molecule has 7 rings (SSSR count). The van der Waals surface area contributed by atoms with Crippen molar-refractivity contribution in [2.75, 3.05) is 7.11 Å². The standard InChI is InChI=1S/C32H32O14/c1-10-8-14-17-16(9-10)43-30(39)20-19(17)26(45-29(14)38)18-13(23(20)35)6-5-7-15(18)44-32-28(24(36)21(33)11(2)42-32)46-31-25(37)27(40-4)22(34)12(3)41-31/h5-9,11-12,21-22,24-25,27-28,31-37H,1-4H3/t11-,12+,21+,22-,24+,25+,27-,28-,31+,32+/m1/s1. The topological polar surface area (TPSA) is 208 Å². The molecule has 0 unspecified atom stereocenters. The Morgan fingerprint density at radius 2 is 1.46 bits per heavy atom. The minimum atomic E-state index is -1.60. The number of aliphatic hydroxyl groups excluding tert-OH is 4. The third-order valence-electron chi connectivity index (χ3n) is 8.91. The number of hydrogen-bond donors (Lipinski definition) is 5. The molecule has 2 aliphatic rings. The molecule has 14 nitrogen and oxygen atoms in total. The van der Waals surface area contributed by atoms with Crippen LogP contribution in [0.15, 0.2) is 48.8 Å². The van der Waals surface area contributed by atoms with Gasteiger partial charge in [-0.1, -0.05) is 12.1 Å². The maximum Gasteiger partial charge on any atom is 0.348 e. The Morgan fingerprint density at radius 1 is 0.739 bits per heavy atom. The minimum absolute atomic E-state index is 0.00696. The van der Waals surface area contributed by atoms with E-state index in [1.54, 1.807) is 26.0 Å². The lowest BCUT2D eigenvalue weighted by atomic mass is 9.96. The number of aliphatic hydroxyl groups is 4. The third kappa shape index (κ3) is 4.56. The van der Waals surface area contributed by atoms with Crippen LogP contribution in [0.25, 0.3) is 43.5 Å². The van der Waals surface area contributed by atoms with E-state index in [0.717, 1.165) is 0 Å². The van der Waals surface area contributed by atoms with E-state index in [9.17, 15) is 35.1 Å². The van der Waals surface area contributed by atoms with Gasteiger partial charge in [-0.2, -0.15) is 0 Å². The maximum absolute atomic E-state index is 13.3. The fourth-order valence-electron chi connectivity index (χ4n) is 6.55. The lowest BCUT2D eigenvalue weighted by Crippen LogP contribution is -2.64. The van der Waals surface area contributed by atoms with Crippen molar-refractivity contribution in [1.29, 1.82) is 0 Å². The Hall–Kier alpha value is -3.86. The Morgan fingerprint density at radius 3 is 2.20 bits per heavy atom. The van der Waals surface area contributed by atoms with Gasteiger partial charge in [-0.25, -0.2) is 9.59 Å². The van der Waals surface area contributed by atoms with Crippen molar-refractivity contribution in [1.82, 2.24) is 0 Å². The summed E-state index contributed by atoms with van der Waals surface area (Å²) in [5, 5.41) is 55.0. The first-order valence-corrected chi connectivity index (χ1v) is 14.7. The number of hydrogen-bond acceptors (Lipinski definition) is 14. The summed E-state index contributed by atoms with van der Waals surface area (Å²) in [5.41, 5.74) is -0.817. The highest BCUT2D eigenvalue weighted by molar-refractivity contribution is 6.28. The number of aromatic hydroxyl groups is 1. The fourth-order valence-corrected chi connectivity index (χ4v) is 6.55. The van der Waals surface area contributed by atoms with E-state index >= 15 is 0 Å². The van der Waals surface area contributed by atoms with Gasteiger partial charge in [-0.15, -0.1) is 0 Å². The Kier molecular flexibility index (Phi) is 7.45. The van der Waals surface area contributed by atoms with Crippen LogP contribution in [0.2, 0.25) is 0 Å². The molecule has 2 aromatic heterocycles. The number of phenolic OH excluding ortho intramolecular Hbond substituents is 1. The molecule has 5 N–H and O–H groups in total. The summed E-state index contributed by atoms with van der Waals surface area (Å²) in [6.07, 6.45) is -13.0. The van der Waals surface area contributed by atoms with Gasteiger partial charge in [0.2, 0.25) is 6.29 Å². The van der Waals surface area contributed by atoms with Crippen molar-refractivity contribution in [2.24, 2.45) is 0 Å². The van der Waals surface area contributed by atoms with Crippen LogP contribution in [0.3, 0.4) is 0 Å². The zero-order chi connectivity index (χ0) is 32.8. The van der Waals surface area contributed by atoms with E-state index in [1.165, 1.54) is 32.2 Å². The van der Waals surface area contributed by atoms with E-state index < -0.39 is 78.4 Å². The van der Waals surface area contributed by atoms with Crippen molar-refractivity contribution < 1.29 is 58.1 Å². The van der Waals surface area contributed by atoms with Crippen LogP contribution in [0.5, 0.6) is 11.5 Å². The van der Waals surface area contributed by atoms with Crippen molar-refractivity contribution in [3.63, 3.8) is 0 Å². The molecular formula is C32H32O14. The van der Waals surface area contributed by atoms with Gasteiger partial charge in [0.25, 0.3) is 0 Å². The first-order valence-electron chi connectivity index (χ1n) is 14.7. The Bertz CT molecular complexity index is 2070. The molecular weight excluding hydrogens is 608 g/mol. The molecule has 4 heterocycles. The van der Waals surface area contributed by atoms with Crippen LogP contribution < -0.4 is 16.0 Å². The highest BCUT2D eigenvalue weighted by Crippen LogP contribution is 2.45. The van der Waals surface area contributed by atoms with Crippen LogP contribution in [-0.2, 0) is 18.9 Å². The number of fused-ring (bicyclic) bond motifs is 2. The highest BCUT2D eigenvalue weighted by Gasteiger charge is 2.50. The van der Waals surface area contributed by atoms with Crippen LogP contribution in [0, 0.1) is 6.92 Å². The molecule has 5 aromatic rings. The molecule has 0 spiro atoms. The summed E-state index contributed by atoms with van der Waals surface area (Å²) < 4.78 is 40.4. The third-order valence-corrected chi connectivity index (χ3v) is 8.91. The maximum atomic E-state index is 13.3. The molecule has 244 valence electrons. The second kappa shape index (κ2) is 11.1. The molecule has 0 aliphatic carbocycles. The van der Waals surface area contributed by atoms with Crippen LogP contribution >= 0.6 is 0 Å². The zero-order valence-corrected chi connectivity index (χ0v) is 25.1. The molecule has 0 amide bonds. The summed E-state index contributed by atoms with van der Waals surface area (Å²) >= 11 is 0. The van der Waals surface area contributed by atoms with E-state index in [0.29, 0.717) is 5.56 Å². The first kappa shape index (κ1) is 30.8. The molecule has 2 fully saturated rings. The van der Waals surface area contributed by atoms with Crippen molar-refractivity contribution in [3.05, 3.63) is 56.7 Å². The number of methoxy groups -OCH3 is 1. The highest BCUT2D eigenvalue weighted by atomic mass is 16.8. The fraction of sp³-hybridized carbons (Fsp3) is 0.438. The molecule has 0 bridgehead atoms. The van der Waals surface area contributed by atoms with Crippen molar-refractivity contribution in [3.8, 4) is 11.5 Å². The summed E-state index contributed by atoms with van der Waals surface area (Å²) in [5.74, 6) is -0.426. The number of rotatable bonds is 5. The second-order valence-electron chi connectivity index (χ2n) is 11.9. The van der Waals surface area contributed by atoms with Gasteiger partial charge in [0.15, 0.2) is 18.0 Å². The molecule has 0 radical (unpaired) electrons. The largest absolute Gasteiger partial charge is 0.506 e. The van der Waals surface area contributed by atoms with Crippen LogP contribution in [0.4, 0.5) is 0 Å². The lowest BCUT2D eigenvalue weighted by molar-refractivity contribution is -0.353. The van der Waals surface area contributed by atoms with E-state index in [-0.39, 0.29) is 49.2 Å². The summed E-state index contributed by atoms with van der Waals surface area (Å²) in [7, 11) is 1.30. The quantitative estimate of drug-likeness (QED) is 0.104. The monoisotopic (exact) mass is 640 g/mol. The predicted molar refractivity (Wildman–Crippen MR) is 160 cm³/mol. The Labute approximate surface area is 259 Å². The zero-order valence-electron chi connectivity index (χ0n) is 25.1. The minimum Gasteiger partial charge on any atom is -0.506 e. The smallest absolute Gasteiger partial charge is 0.348 e. The van der Waals surface area contributed by atoms with E-state index in [1.807, 2.05) is 0 Å². The van der Waals surface area contributed by atoms with Gasteiger partial charge in [-0.3, -0.25) is 0 Å². The van der Waals surface area contributed by atoms with Crippen molar-refractivity contribution in [2.45, 2.75) is 82.2 Å². The van der Waals surface area contributed by atoms with Gasteiger partial charge in [0.05, 0.1) is 23.0 Å². The van der Waals surface area contributed by atoms with Gasteiger partial charge >= 0.3 is 11.3 Å². The summed E-state index contributed by atoms with van der Waals surface area (Å²) in [6.45, 7) is 4.79. The molecule has 2 aliphatic heterocycles. The number of phenols is 1. The summed E-state index contributed by atoms with van der Waals surface area (Å²) in [4.78, 5) is 26.4. The number of benzene rings is 3. The van der Waals surface area contributed by atoms with E-state index in [2.05, 4.69) is 0 Å². The lowest BCUT2D eigenvalue weighted by Gasteiger charge is -2.46. The normalized spacial score (nSPS) is 32.2. The van der Waals surface area contributed by atoms with Gasteiger partial charge in [0.1, 0.15) is 53.0 Å². The summed E-state index contributed by atoms with van der Waals surface area (Å²) in [6, 6.07) is 7.72. The average Bonchev–Trinajstić information content (AvgIpc) is 3.01. The molecule has 3 aromatic carbocycles. The average molecular weight is 641 g/mol. The van der Waals surface area contributed by atoms with Crippen molar-refractivity contribution >= 4 is 43.5 Å². The van der Waals surface area contributed by atoms with Gasteiger partial charge < -0.3 is 58.1 Å². The molecule has 46 heavy (non-hydrogen) atoms. The Balaban J connectivity index is 1.38. The molecule has 2 saturated heterocycles. The predicted octanol–water partition coefficient (Wildman–Crippen LogP) is 1.37. The molecule has 0 saturated carbocycles.